The van der Waals surface area contributed by atoms with Gasteiger partial charge in [0.2, 0.25) is 0 Å². The van der Waals surface area contributed by atoms with E-state index in [1.807, 2.05) is 18.2 Å². The van der Waals surface area contributed by atoms with Crippen molar-refractivity contribution in [1.29, 1.82) is 15.8 Å². The van der Waals surface area contributed by atoms with Gasteiger partial charge in [-0.1, -0.05) is 29.3 Å². The zero-order chi connectivity index (χ0) is 19.1. The second-order valence-electron chi connectivity index (χ2n) is 6.43. The molecule has 5 nitrogen and oxygen atoms in total. The maximum atomic E-state index is 10.5. The van der Waals surface area contributed by atoms with E-state index < -0.39 is 11.3 Å². The maximum Gasteiger partial charge on any atom is 0.191 e. The number of rotatable bonds is 1. The van der Waals surface area contributed by atoms with Crippen LogP contribution >= 0.6 is 23.2 Å². The van der Waals surface area contributed by atoms with E-state index in [0.717, 1.165) is 18.4 Å². The van der Waals surface area contributed by atoms with E-state index in [2.05, 4.69) is 6.07 Å². The van der Waals surface area contributed by atoms with E-state index in [0.29, 0.717) is 12.0 Å². The lowest BCUT2D eigenvalue weighted by molar-refractivity contribution is 0.308. The Bertz CT molecular complexity index is 961. The topological polar surface area (TPSA) is 118 Å². The monoisotopic (exact) mass is 384 g/mol. The van der Waals surface area contributed by atoms with Gasteiger partial charge >= 0.3 is 0 Å². The number of benzene rings is 1. The van der Waals surface area contributed by atoms with Crippen molar-refractivity contribution in [2.75, 3.05) is 0 Å². The van der Waals surface area contributed by atoms with Gasteiger partial charge in [0.05, 0.1) is 28.4 Å². The van der Waals surface area contributed by atoms with E-state index in [4.69, 9.17) is 28.9 Å². The molecule has 1 aromatic rings. The molecule has 3 N–H and O–H groups in total. The lowest BCUT2D eigenvalue weighted by atomic mass is 9.56. The summed E-state index contributed by atoms with van der Waals surface area (Å²) in [5, 5.41) is 40.3. The quantitative estimate of drug-likeness (QED) is 0.748. The Kier molecular flexibility index (Phi) is 4.59. The molecular formula is C19H14Cl2N4O. The number of fused-ring (bicyclic) bond motifs is 1. The van der Waals surface area contributed by atoms with Gasteiger partial charge in [0, 0.05) is 16.5 Å². The van der Waals surface area contributed by atoms with Crippen molar-refractivity contribution in [3.63, 3.8) is 0 Å². The molecule has 130 valence electrons. The minimum atomic E-state index is -1.80. The lowest BCUT2D eigenvalue weighted by Gasteiger charge is -2.43. The van der Waals surface area contributed by atoms with Crippen LogP contribution in [-0.4, -0.2) is 5.11 Å². The number of allylic oxidation sites excluding steroid dienone is 4. The van der Waals surface area contributed by atoms with E-state index in [9.17, 15) is 20.9 Å². The van der Waals surface area contributed by atoms with Crippen molar-refractivity contribution in [3.8, 4) is 24.0 Å². The molecule has 3 rings (SSSR count). The van der Waals surface area contributed by atoms with Crippen molar-refractivity contribution in [3.05, 3.63) is 50.7 Å². The Balaban J connectivity index is 2.40. The molecule has 2 aliphatic carbocycles. The number of phenolic OH excluding ortho intramolecular Hbond substituents is 1. The third kappa shape index (κ3) is 2.43. The fourth-order valence-electron chi connectivity index (χ4n) is 4.04. The molecule has 2 atom stereocenters. The number of halogens is 2. The molecule has 0 spiro atoms. The predicted molar refractivity (Wildman–Crippen MR) is 96.8 cm³/mol. The van der Waals surface area contributed by atoms with Crippen LogP contribution in [0.2, 0.25) is 10.0 Å². The summed E-state index contributed by atoms with van der Waals surface area (Å²) in [6.07, 6.45) is 4.20. The summed E-state index contributed by atoms with van der Waals surface area (Å²) in [5.74, 6) is -1.32. The molecule has 0 fully saturated rings. The normalized spacial score (nSPS) is 23.9. The SMILES string of the molecule is N#CC1=C(N)C(C#N)(C#N)C(c2cc(Cl)cc(Cl)c2O)C2CCCC=C12. The van der Waals surface area contributed by atoms with Gasteiger partial charge in [-0.25, -0.2) is 0 Å². The zero-order valence-corrected chi connectivity index (χ0v) is 15.1. The van der Waals surface area contributed by atoms with Crippen LogP contribution in [0.15, 0.2) is 35.1 Å². The van der Waals surface area contributed by atoms with Crippen molar-refractivity contribution in [1.82, 2.24) is 0 Å². The highest BCUT2D eigenvalue weighted by molar-refractivity contribution is 6.35. The highest BCUT2D eigenvalue weighted by atomic mass is 35.5. The number of nitriles is 3. The third-order valence-electron chi connectivity index (χ3n) is 5.19. The number of hydrogen-bond acceptors (Lipinski definition) is 5. The first-order valence-corrected chi connectivity index (χ1v) is 8.78. The molecule has 0 aromatic heterocycles. The summed E-state index contributed by atoms with van der Waals surface area (Å²) < 4.78 is 0. The number of nitrogens with two attached hydrogens (primary N) is 1. The molecule has 0 aliphatic heterocycles. The molecule has 2 unspecified atom stereocenters. The molecule has 0 radical (unpaired) electrons. The fraction of sp³-hybridized carbons (Fsp3) is 0.316. The van der Waals surface area contributed by atoms with Crippen LogP contribution in [0.5, 0.6) is 5.75 Å². The van der Waals surface area contributed by atoms with Crippen LogP contribution in [-0.2, 0) is 0 Å². The summed E-state index contributed by atoms with van der Waals surface area (Å²) >= 11 is 12.2. The molecule has 0 saturated carbocycles. The molecule has 0 heterocycles. The van der Waals surface area contributed by atoms with Crippen molar-refractivity contribution < 1.29 is 5.11 Å². The van der Waals surface area contributed by atoms with Crippen molar-refractivity contribution in [2.45, 2.75) is 25.2 Å². The summed E-state index contributed by atoms with van der Waals surface area (Å²) in [6.45, 7) is 0. The van der Waals surface area contributed by atoms with Gasteiger partial charge in [0.1, 0.15) is 11.8 Å². The molecule has 0 amide bonds. The largest absolute Gasteiger partial charge is 0.506 e. The highest BCUT2D eigenvalue weighted by Gasteiger charge is 2.54. The summed E-state index contributed by atoms with van der Waals surface area (Å²) in [5.41, 5.74) is 5.49. The van der Waals surface area contributed by atoms with Crippen LogP contribution in [0.4, 0.5) is 0 Å². The molecule has 7 heteroatoms. The van der Waals surface area contributed by atoms with Crippen LogP contribution < -0.4 is 5.73 Å². The molecule has 26 heavy (non-hydrogen) atoms. The van der Waals surface area contributed by atoms with Crippen LogP contribution in [0, 0.1) is 45.3 Å². The molecule has 2 aliphatic rings. The predicted octanol–water partition coefficient (Wildman–Crippen LogP) is 4.29. The fourth-order valence-corrected chi connectivity index (χ4v) is 4.55. The Labute approximate surface area is 161 Å². The van der Waals surface area contributed by atoms with Crippen LogP contribution in [0.3, 0.4) is 0 Å². The number of nitrogens with zero attached hydrogens (tertiary/aromatic N) is 3. The maximum absolute atomic E-state index is 10.5. The lowest BCUT2D eigenvalue weighted by Crippen LogP contribution is -2.42. The smallest absolute Gasteiger partial charge is 0.191 e. The van der Waals surface area contributed by atoms with Gasteiger partial charge < -0.3 is 10.8 Å². The number of phenols is 1. The average molecular weight is 385 g/mol. The molecule has 0 saturated heterocycles. The van der Waals surface area contributed by atoms with Crippen LogP contribution in [0.25, 0.3) is 0 Å². The van der Waals surface area contributed by atoms with Gasteiger partial charge in [0.25, 0.3) is 0 Å². The third-order valence-corrected chi connectivity index (χ3v) is 5.70. The Morgan fingerprint density at radius 3 is 2.50 bits per heavy atom. The standard InChI is InChI=1S/C19H14Cl2N4O/c20-10-5-13(17(26)15(21)6-10)16-12-4-2-1-3-11(12)14(7-22)18(25)19(16,8-23)9-24/h3,5-6,12,16,26H,1-2,4,25H2. The molecular weight excluding hydrogens is 371 g/mol. The number of hydrogen-bond donors (Lipinski definition) is 2. The Hall–Kier alpha value is -2.65. The van der Waals surface area contributed by atoms with E-state index in [-0.39, 0.29) is 33.0 Å². The first-order valence-electron chi connectivity index (χ1n) is 8.02. The van der Waals surface area contributed by atoms with Crippen LogP contribution in [0.1, 0.15) is 30.7 Å². The second-order valence-corrected chi connectivity index (χ2v) is 7.28. The Morgan fingerprint density at radius 2 is 1.88 bits per heavy atom. The van der Waals surface area contributed by atoms with Gasteiger partial charge in [0.15, 0.2) is 5.41 Å². The summed E-state index contributed by atoms with van der Waals surface area (Å²) in [7, 11) is 0. The van der Waals surface area contributed by atoms with Crippen molar-refractivity contribution >= 4 is 23.2 Å². The Morgan fingerprint density at radius 1 is 1.19 bits per heavy atom. The van der Waals surface area contributed by atoms with Gasteiger partial charge in [-0.15, -0.1) is 0 Å². The highest BCUT2D eigenvalue weighted by Crippen LogP contribution is 2.58. The van der Waals surface area contributed by atoms with Gasteiger partial charge in [-0.05, 0) is 42.9 Å². The average Bonchev–Trinajstić information content (AvgIpc) is 2.64. The van der Waals surface area contributed by atoms with E-state index >= 15 is 0 Å². The van der Waals surface area contributed by atoms with E-state index in [1.165, 1.54) is 12.1 Å². The molecule has 0 bridgehead atoms. The second kappa shape index (κ2) is 6.58. The first kappa shape index (κ1) is 18.2. The minimum Gasteiger partial charge on any atom is -0.506 e. The van der Waals surface area contributed by atoms with Gasteiger partial charge in [-0.3, -0.25) is 0 Å². The minimum absolute atomic E-state index is 0.0345. The molecule has 1 aromatic carbocycles. The van der Waals surface area contributed by atoms with E-state index in [1.54, 1.807) is 0 Å². The van der Waals surface area contributed by atoms with Gasteiger partial charge in [-0.2, -0.15) is 15.8 Å². The zero-order valence-electron chi connectivity index (χ0n) is 13.6. The number of aromatic hydroxyl groups is 1. The summed E-state index contributed by atoms with van der Waals surface area (Å²) in [4.78, 5) is 0. The first-order chi connectivity index (χ1) is 12.4. The van der Waals surface area contributed by atoms with Crippen molar-refractivity contribution in [2.24, 2.45) is 17.1 Å². The summed E-state index contributed by atoms with van der Waals surface area (Å²) in [6, 6.07) is 8.97.